The number of benzene rings is 1. The first-order valence-electron chi connectivity index (χ1n) is 10.8. The molecule has 1 fully saturated rings. The second kappa shape index (κ2) is 9.75. The van der Waals surface area contributed by atoms with Crippen LogP contribution in [0, 0.1) is 5.82 Å². The first kappa shape index (κ1) is 23.0. The van der Waals surface area contributed by atoms with Crippen molar-refractivity contribution in [1.29, 1.82) is 0 Å². The topological polar surface area (TPSA) is 80.8 Å². The molecule has 2 aliphatic carbocycles. The number of nitrogens with zero attached hydrogens (tertiary/aromatic N) is 1. The third-order valence-corrected chi connectivity index (χ3v) is 7.23. The van der Waals surface area contributed by atoms with E-state index in [0.717, 1.165) is 62.0 Å². The zero-order valence-electron chi connectivity index (χ0n) is 17.5. The SMILES string of the molecule is O=C(CSC(=O)c1cc(N2C(=O)C3=C(CCCC3)C2=O)c(F)cc1Cl)OC1CCCCC1. The molecular formula is C23H23ClFNO5S. The summed E-state index contributed by atoms with van der Waals surface area (Å²) in [6, 6.07) is 2.04. The van der Waals surface area contributed by atoms with Gasteiger partial charge in [0.1, 0.15) is 11.9 Å². The Morgan fingerprint density at radius 2 is 1.66 bits per heavy atom. The van der Waals surface area contributed by atoms with E-state index in [2.05, 4.69) is 0 Å². The number of hydrogen-bond donors (Lipinski definition) is 0. The van der Waals surface area contributed by atoms with E-state index in [1.165, 1.54) is 0 Å². The fraction of sp³-hybridized carbons (Fsp3) is 0.478. The predicted octanol–water partition coefficient (Wildman–Crippen LogP) is 4.97. The Hall–Kier alpha value is -2.19. The van der Waals surface area contributed by atoms with Crippen molar-refractivity contribution in [3.05, 3.63) is 39.7 Å². The molecule has 0 saturated heterocycles. The molecule has 0 spiro atoms. The van der Waals surface area contributed by atoms with Crippen molar-refractivity contribution in [2.45, 2.75) is 63.9 Å². The highest BCUT2D eigenvalue weighted by molar-refractivity contribution is 8.14. The summed E-state index contributed by atoms with van der Waals surface area (Å²) in [4.78, 5) is 51.1. The van der Waals surface area contributed by atoms with Gasteiger partial charge in [-0.3, -0.25) is 19.2 Å². The van der Waals surface area contributed by atoms with Gasteiger partial charge in [0.25, 0.3) is 11.8 Å². The van der Waals surface area contributed by atoms with Crippen molar-refractivity contribution < 1.29 is 28.3 Å². The molecule has 9 heteroatoms. The Bertz CT molecular complexity index is 990. The lowest BCUT2D eigenvalue weighted by Gasteiger charge is -2.21. The second-order valence-electron chi connectivity index (χ2n) is 8.22. The molecule has 3 aliphatic rings. The van der Waals surface area contributed by atoms with Crippen molar-refractivity contribution in [2.75, 3.05) is 10.7 Å². The zero-order valence-corrected chi connectivity index (χ0v) is 19.0. The van der Waals surface area contributed by atoms with Crippen LogP contribution in [0.1, 0.15) is 68.1 Å². The molecule has 0 bridgehead atoms. The normalized spacial score (nSPS) is 19.4. The predicted molar refractivity (Wildman–Crippen MR) is 119 cm³/mol. The summed E-state index contributed by atoms with van der Waals surface area (Å²) in [6.07, 6.45) is 7.27. The Morgan fingerprint density at radius 1 is 1.03 bits per heavy atom. The van der Waals surface area contributed by atoms with E-state index in [1.54, 1.807) is 0 Å². The smallest absolute Gasteiger partial charge is 0.316 e. The van der Waals surface area contributed by atoms with Crippen LogP contribution in [0.4, 0.5) is 10.1 Å². The van der Waals surface area contributed by atoms with Crippen LogP contribution in [0.5, 0.6) is 0 Å². The van der Waals surface area contributed by atoms with Crippen molar-refractivity contribution in [3.8, 4) is 0 Å². The molecule has 0 unspecified atom stereocenters. The summed E-state index contributed by atoms with van der Waals surface area (Å²) in [5.74, 6) is -2.65. The fourth-order valence-electron chi connectivity index (χ4n) is 4.43. The minimum atomic E-state index is -0.866. The highest BCUT2D eigenvalue weighted by atomic mass is 35.5. The van der Waals surface area contributed by atoms with Crippen molar-refractivity contribution in [2.24, 2.45) is 0 Å². The third kappa shape index (κ3) is 4.62. The van der Waals surface area contributed by atoms with E-state index in [4.69, 9.17) is 16.3 Å². The highest BCUT2D eigenvalue weighted by Crippen LogP contribution is 2.38. The van der Waals surface area contributed by atoms with Crippen LogP contribution < -0.4 is 4.90 Å². The number of hydrogen-bond acceptors (Lipinski definition) is 6. The number of carbonyl (C=O) groups excluding carboxylic acids is 4. The summed E-state index contributed by atoms with van der Waals surface area (Å²) >= 11 is 6.78. The average molecular weight is 480 g/mol. The molecule has 1 aromatic rings. The van der Waals surface area contributed by atoms with Gasteiger partial charge in [-0.15, -0.1) is 0 Å². The van der Waals surface area contributed by atoms with Crippen molar-refractivity contribution in [3.63, 3.8) is 0 Å². The second-order valence-corrected chi connectivity index (χ2v) is 9.57. The van der Waals surface area contributed by atoms with E-state index in [0.29, 0.717) is 35.7 Å². The molecule has 2 amide bonds. The summed E-state index contributed by atoms with van der Waals surface area (Å²) in [7, 11) is 0. The minimum absolute atomic E-state index is 0.0657. The number of halogens is 2. The van der Waals surface area contributed by atoms with Gasteiger partial charge in [-0.1, -0.05) is 29.8 Å². The molecule has 170 valence electrons. The van der Waals surface area contributed by atoms with Gasteiger partial charge in [-0.2, -0.15) is 0 Å². The van der Waals surface area contributed by atoms with Crippen LogP contribution in [0.25, 0.3) is 0 Å². The van der Waals surface area contributed by atoms with E-state index in [-0.39, 0.29) is 28.1 Å². The van der Waals surface area contributed by atoms with Crippen LogP contribution in [0.15, 0.2) is 23.3 Å². The maximum Gasteiger partial charge on any atom is 0.316 e. The van der Waals surface area contributed by atoms with Gasteiger partial charge < -0.3 is 4.74 Å². The van der Waals surface area contributed by atoms with Gasteiger partial charge in [0, 0.05) is 16.7 Å². The highest BCUT2D eigenvalue weighted by Gasteiger charge is 2.41. The molecule has 1 saturated carbocycles. The summed E-state index contributed by atoms with van der Waals surface area (Å²) < 4.78 is 20.1. The largest absolute Gasteiger partial charge is 0.462 e. The molecule has 1 heterocycles. The Balaban J connectivity index is 1.47. The molecule has 0 aromatic heterocycles. The molecule has 0 atom stereocenters. The number of anilines is 1. The zero-order chi connectivity index (χ0) is 22.8. The quantitative estimate of drug-likeness (QED) is 0.438. The van der Waals surface area contributed by atoms with Crippen LogP contribution in [0.2, 0.25) is 5.02 Å². The van der Waals surface area contributed by atoms with E-state index >= 15 is 0 Å². The Kier molecular flexibility index (Phi) is 7.00. The first-order chi connectivity index (χ1) is 15.4. The number of carbonyl (C=O) groups is 4. The first-order valence-corrected chi connectivity index (χ1v) is 12.2. The summed E-state index contributed by atoms with van der Waals surface area (Å²) in [6.45, 7) is 0. The maximum absolute atomic E-state index is 14.7. The van der Waals surface area contributed by atoms with Crippen LogP contribution in [0.3, 0.4) is 0 Å². The lowest BCUT2D eigenvalue weighted by molar-refractivity contribution is -0.147. The van der Waals surface area contributed by atoms with Gasteiger partial charge in [0.2, 0.25) is 5.12 Å². The van der Waals surface area contributed by atoms with Crippen LogP contribution >= 0.6 is 23.4 Å². The number of ether oxygens (including phenoxy) is 1. The average Bonchev–Trinajstić information content (AvgIpc) is 3.03. The molecule has 6 nitrogen and oxygen atoms in total. The van der Waals surface area contributed by atoms with E-state index in [1.807, 2.05) is 0 Å². The van der Waals surface area contributed by atoms with Gasteiger partial charge in [0.15, 0.2) is 0 Å². The molecule has 0 N–H and O–H groups in total. The monoisotopic (exact) mass is 479 g/mol. The Labute approximate surface area is 194 Å². The lowest BCUT2D eigenvalue weighted by Crippen LogP contribution is -2.32. The summed E-state index contributed by atoms with van der Waals surface area (Å²) in [5.41, 5.74) is 0.475. The molecule has 4 rings (SSSR count). The van der Waals surface area contributed by atoms with E-state index < -0.39 is 28.7 Å². The number of imide groups is 1. The maximum atomic E-state index is 14.7. The van der Waals surface area contributed by atoms with E-state index in [9.17, 15) is 23.6 Å². The van der Waals surface area contributed by atoms with Gasteiger partial charge in [-0.05, 0) is 63.5 Å². The van der Waals surface area contributed by atoms with Crippen molar-refractivity contribution in [1.82, 2.24) is 0 Å². The molecule has 1 aromatic carbocycles. The number of amides is 2. The van der Waals surface area contributed by atoms with Crippen LogP contribution in [-0.2, 0) is 19.1 Å². The third-order valence-electron chi connectivity index (χ3n) is 6.06. The van der Waals surface area contributed by atoms with Gasteiger partial charge >= 0.3 is 5.97 Å². The lowest BCUT2D eigenvalue weighted by atomic mass is 9.93. The standard InChI is InChI=1S/C23H23ClFNO5S/c24-17-11-18(25)19(26-21(28)14-8-4-5-9-15(14)22(26)29)10-16(17)23(30)32-12-20(27)31-13-6-2-1-3-7-13/h10-11,13H,1-9,12H2. The van der Waals surface area contributed by atoms with Crippen LogP contribution in [-0.4, -0.2) is 34.8 Å². The molecule has 0 radical (unpaired) electrons. The number of rotatable bonds is 5. The molecule has 32 heavy (non-hydrogen) atoms. The minimum Gasteiger partial charge on any atom is -0.462 e. The van der Waals surface area contributed by atoms with Crippen molar-refractivity contribution >= 4 is 51.9 Å². The Morgan fingerprint density at radius 3 is 2.28 bits per heavy atom. The van der Waals surface area contributed by atoms with Gasteiger partial charge in [-0.25, -0.2) is 9.29 Å². The molecular weight excluding hydrogens is 457 g/mol. The van der Waals surface area contributed by atoms with Gasteiger partial charge in [0.05, 0.1) is 16.5 Å². The number of esters is 1. The molecule has 1 aliphatic heterocycles. The summed E-state index contributed by atoms with van der Waals surface area (Å²) in [5, 5.41) is -0.713. The fourth-order valence-corrected chi connectivity index (χ4v) is 5.36. The number of thioether (sulfide) groups is 1.